The highest BCUT2D eigenvalue weighted by atomic mass is 32.2. The number of hydrogen-bond acceptors (Lipinski definition) is 3. The fourth-order valence-corrected chi connectivity index (χ4v) is 3.21. The number of benzene rings is 1. The Morgan fingerprint density at radius 1 is 1.45 bits per heavy atom. The summed E-state index contributed by atoms with van der Waals surface area (Å²) in [5, 5.41) is 5.09. The van der Waals surface area contributed by atoms with Crippen molar-refractivity contribution in [1.29, 1.82) is 0 Å². The fraction of sp³-hybridized carbons (Fsp3) is 0.500. The summed E-state index contributed by atoms with van der Waals surface area (Å²) in [5.41, 5.74) is 0.383. The number of primary sulfonamides is 1. The second kappa shape index (κ2) is 5.93. The molecule has 1 aromatic rings. The summed E-state index contributed by atoms with van der Waals surface area (Å²) >= 11 is 0. The summed E-state index contributed by atoms with van der Waals surface area (Å²) in [6.45, 7) is 3.63. The lowest BCUT2D eigenvalue weighted by Gasteiger charge is -2.16. The van der Waals surface area contributed by atoms with E-state index in [1.807, 2.05) is 0 Å². The van der Waals surface area contributed by atoms with Gasteiger partial charge in [0.1, 0.15) is 0 Å². The zero-order valence-corrected chi connectivity index (χ0v) is 12.4. The predicted octanol–water partition coefficient (Wildman–Crippen LogP) is 1.60. The van der Waals surface area contributed by atoms with Crippen LogP contribution >= 0.6 is 0 Å². The van der Waals surface area contributed by atoms with Gasteiger partial charge in [-0.25, -0.2) is 13.6 Å². The maximum absolute atomic E-state index is 12.4. The van der Waals surface area contributed by atoms with Crippen molar-refractivity contribution in [2.24, 2.45) is 11.1 Å². The minimum atomic E-state index is -3.77. The third-order valence-electron chi connectivity index (χ3n) is 3.68. The SMILES string of the molecule is CCCC1CCN(C(=O)c2cccc(S(N)(=O)=O)c2)C1. The van der Waals surface area contributed by atoms with Gasteiger partial charge < -0.3 is 4.90 Å². The number of carbonyl (C=O) groups excluding carboxylic acids is 1. The quantitative estimate of drug-likeness (QED) is 0.916. The summed E-state index contributed by atoms with van der Waals surface area (Å²) in [4.78, 5) is 14.1. The first kappa shape index (κ1) is 15.0. The number of amides is 1. The number of nitrogens with zero attached hydrogens (tertiary/aromatic N) is 1. The molecule has 0 aliphatic carbocycles. The average molecular weight is 296 g/mol. The van der Waals surface area contributed by atoms with E-state index in [9.17, 15) is 13.2 Å². The molecule has 5 nitrogen and oxygen atoms in total. The van der Waals surface area contributed by atoms with E-state index >= 15 is 0 Å². The standard InChI is InChI=1S/C14H20N2O3S/c1-2-4-11-7-8-16(10-11)14(17)12-5-3-6-13(9-12)20(15,18)19/h3,5-6,9,11H,2,4,7-8,10H2,1H3,(H2,15,18,19). The van der Waals surface area contributed by atoms with E-state index in [1.165, 1.54) is 12.1 Å². The highest BCUT2D eigenvalue weighted by molar-refractivity contribution is 7.89. The number of sulfonamides is 1. The topological polar surface area (TPSA) is 80.5 Å². The molecular weight excluding hydrogens is 276 g/mol. The molecule has 1 heterocycles. The van der Waals surface area contributed by atoms with Gasteiger partial charge in [-0.2, -0.15) is 0 Å². The summed E-state index contributed by atoms with van der Waals surface area (Å²) in [6.07, 6.45) is 3.27. The molecule has 0 aromatic heterocycles. The van der Waals surface area contributed by atoms with Gasteiger partial charge in [0.05, 0.1) is 4.90 Å². The molecule has 20 heavy (non-hydrogen) atoms. The molecule has 1 aliphatic heterocycles. The van der Waals surface area contributed by atoms with E-state index in [-0.39, 0.29) is 10.8 Å². The first-order valence-corrected chi connectivity index (χ1v) is 8.38. The molecule has 1 fully saturated rings. The Labute approximate surface area is 119 Å². The molecule has 1 saturated heterocycles. The number of carbonyl (C=O) groups is 1. The first-order valence-electron chi connectivity index (χ1n) is 6.84. The minimum Gasteiger partial charge on any atom is -0.338 e. The largest absolute Gasteiger partial charge is 0.338 e. The van der Waals surface area contributed by atoms with Gasteiger partial charge in [-0.3, -0.25) is 4.79 Å². The molecule has 1 aliphatic rings. The highest BCUT2D eigenvalue weighted by Gasteiger charge is 2.26. The van der Waals surface area contributed by atoms with Gasteiger partial charge in [0.2, 0.25) is 10.0 Å². The second-order valence-electron chi connectivity index (χ2n) is 5.27. The van der Waals surface area contributed by atoms with E-state index in [4.69, 9.17) is 5.14 Å². The monoisotopic (exact) mass is 296 g/mol. The van der Waals surface area contributed by atoms with Crippen LogP contribution in [0.5, 0.6) is 0 Å². The molecular formula is C14H20N2O3S. The Balaban J connectivity index is 2.14. The smallest absolute Gasteiger partial charge is 0.253 e. The molecule has 0 saturated carbocycles. The van der Waals surface area contributed by atoms with Gasteiger partial charge in [-0.1, -0.05) is 19.4 Å². The van der Waals surface area contributed by atoms with Gasteiger partial charge >= 0.3 is 0 Å². The zero-order chi connectivity index (χ0) is 14.8. The third-order valence-corrected chi connectivity index (χ3v) is 4.59. The minimum absolute atomic E-state index is 0.0207. The lowest BCUT2D eigenvalue weighted by atomic mass is 10.0. The van der Waals surface area contributed by atoms with Gasteiger partial charge in [0.15, 0.2) is 0 Å². The fourth-order valence-electron chi connectivity index (χ4n) is 2.65. The van der Waals surface area contributed by atoms with E-state index in [1.54, 1.807) is 17.0 Å². The molecule has 0 spiro atoms. The highest BCUT2D eigenvalue weighted by Crippen LogP contribution is 2.23. The van der Waals surface area contributed by atoms with E-state index in [0.717, 1.165) is 32.4 Å². The molecule has 1 unspecified atom stereocenters. The summed E-state index contributed by atoms with van der Waals surface area (Å²) < 4.78 is 22.6. The van der Waals surface area contributed by atoms with Gasteiger partial charge in [0.25, 0.3) is 5.91 Å². The summed E-state index contributed by atoms with van der Waals surface area (Å²) in [6, 6.07) is 5.93. The van der Waals surface area contributed by atoms with Crippen molar-refractivity contribution >= 4 is 15.9 Å². The molecule has 6 heteroatoms. The van der Waals surface area contributed by atoms with Crippen LogP contribution in [0.25, 0.3) is 0 Å². The maximum atomic E-state index is 12.4. The van der Waals surface area contributed by atoms with E-state index in [0.29, 0.717) is 11.5 Å². The summed E-state index contributed by atoms with van der Waals surface area (Å²) in [7, 11) is -3.77. The molecule has 1 aromatic carbocycles. The Morgan fingerprint density at radius 3 is 2.85 bits per heavy atom. The van der Waals surface area contributed by atoms with Crippen LogP contribution in [0.1, 0.15) is 36.5 Å². The molecule has 110 valence electrons. The van der Waals surface area contributed by atoms with Gasteiger partial charge in [-0.05, 0) is 37.0 Å². The van der Waals surface area contributed by atoms with Crippen LogP contribution in [0.15, 0.2) is 29.2 Å². The predicted molar refractivity (Wildman–Crippen MR) is 76.7 cm³/mol. The van der Waals surface area contributed by atoms with Crippen LogP contribution in [0, 0.1) is 5.92 Å². The van der Waals surface area contributed by atoms with Crippen LogP contribution in [-0.2, 0) is 10.0 Å². The molecule has 1 amide bonds. The van der Waals surface area contributed by atoms with Crippen LogP contribution in [-0.4, -0.2) is 32.3 Å². The number of likely N-dealkylation sites (tertiary alicyclic amines) is 1. The molecule has 2 rings (SSSR count). The third kappa shape index (κ3) is 3.37. The number of nitrogens with two attached hydrogens (primary N) is 1. The lowest BCUT2D eigenvalue weighted by Crippen LogP contribution is -2.29. The Hall–Kier alpha value is -1.40. The van der Waals surface area contributed by atoms with Crippen molar-refractivity contribution in [2.45, 2.75) is 31.1 Å². The van der Waals surface area contributed by atoms with E-state index in [2.05, 4.69) is 6.92 Å². The van der Waals surface area contributed by atoms with Crippen molar-refractivity contribution in [3.05, 3.63) is 29.8 Å². The summed E-state index contributed by atoms with van der Waals surface area (Å²) in [5.74, 6) is 0.444. The van der Waals surface area contributed by atoms with Crippen LogP contribution in [0.4, 0.5) is 0 Å². The van der Waals surface area contributed by atoms with Gasteiger partial charge in [-0.15, -0.1) is 0 Å². The van der Waals surface area contributed by atoms with Gasteiger partial charge in [0, 0.05) is 18.7 Å². The average Bonchev–Trinajstić information content (AvgIpc) is 2.86. The molecule has 2 N–H and O–H groups in total. The van der Waals surface area contributed by atoms with Crippen LogP contribution < -0.4 is 5.14 Å². The Bertz CT molecular complexity index is 598. The second-order valence-corrected chi connectivity index (χ2v) is 6.83. The maximum Gasteiger partial charge on any atom is 0.253 e. The van der Waals surface area contributed by atoms with Crippen molar-refractivity contribution in [1.82, 2.24) is 4.90 Å². The number of hydrogen-bond donors (Lipinski definition) is 1. The van der Waals surface area contributed by atoms with Crippen LogP contribution in [0.3, 0.4) is 0 Å². The van der Waals surface area contributed by atoms with Crippen LogP contribution in [0.2, 0.25) is 0 Å². The lowest BCUT2D eigenvalue weighted by molar-refractivity contribution is 0.0786. The van der Waals surface area contributed by atoms with E-state index < -0.39 is 10.0 Å². The molecule has 1 atom stereocenters. The molecule has 0 bridgehead atoms. The van der Waals surface area contributed by atoms with Crippen molar-refractivity contribution < 1.29 is 13.2 Å². The Kier molecular flexibility index (Phi) is 4.45. The van der Waals surface area contributed by atoms with Crippen molar-refractivity contribution in [3.63, 3.8) is 0 Å². The van der Waals surface area contributed by atoms with Crippen molar-refractivity contribution in [3.8, 4) is 0 Å². The van der Waals surface area contributed by atoms with Crippen molar-refractivity contribution in [2.75, 3.05) is 13.1 Å². The first-order chi connectivity index (χ1) is 9.41. The number of rotatable bonds is 4. The zero-order valence-electron chi connectivity index (χ0n) is 11.6. The normalized spacial score (nSPS) is 19.3. The molecule has 0 radical (unpaired) electrons. The Morgan fingerprint density at radius 2 is 2.20 bits per heavy atom.